The molecule has 2 saturated heterocycles. The van der Waals surface area contributed by atoms with E-state index in [-0.39, 0.29) is 5.66 Å². The van der Waals surface area contributed by atoms with E-state index < -0.39 is 0 Å². The number of rotatable bonds is 9. The third-order valence-electron chi connectivity index (χ3n) is 9.00. The Bertz CT molecular complexity index is 1550. The summed E-state index contributed by atoms with van der Waals surface area (Å²) in [5.74, 6) is 4.09. The predicted octanol–water partition coefficient (Wildman–Crippen LogP) is 7.56. The molecule has 3 aliphatic rings. The van der Waals surface area contributed by atoms with Gasteiger partial charge in [-0.05, 0) is 87.7 Å². The molecule has 0 radical (unpaired) electrons. The molecule has 0 N–H and O–H groups in total. The molecule has 1 atom stereocenters. The summed E-state index contributed by atoms with van der Waals surface area (Å²) in [6, 6.07) is 19.9. The van der Waals surface area contributed by atoms with Crippen molar-refractivity contribution < 1.29 is 14.2 Å². The summed E-state index contributed by atoms with van der Waals surface area (Å²) in [6.45, 7) is 8.78. The van der Waals surface area contributed by atoms with Crippen LogP contribution >= 0.6 is 11.6 Å². The lowest BCUT2D eigenvalue weighted by atomic mass is 9.98. The fourth-order valence-corrected chi connectivity index (χ4v) is 7.30. The summed E-state index contributed by atoms with van der Waals surface area (Å²) in [5.41, 5.74) is 2.88. The average molecular weight is 587 g/mol. The number of likely N-dealkylation sites (tertiary alicyclic amines) is 1. The maximum Gasteiger partial charge on any atom is 0.150 e. The predicted molar refractivity (Wildman–Crippen MR) is 167 cm³/mol. The molecule has 1 aromatic heterocycles. The molecular weight excluding hydrogens is 548 g/mol. The summed E-state index contributed by atoms with van der Waals surface area (Å²) in [7, 11) is 0. The van der Waals surface area contributed by atoms with Crippen LogP contribution in [0.5, 0.6) is 23.0 Å². The second kappa shape index (κ2) is 11.8. The van der Waals surface area contributed by atoms with E-state index in [0.717, 1.165) is 98.1 Å². The van der Waals surface area contributed by atoms with E-state index in [2.05, 4.69) is 39.5 Å². The van der Waals surface area contributed by atoms with Crippen molar-refractivity contribution in [1.29, 1.82) is 0 Å². The Kier molecular flexibility index (Phi) is 7.74. The number of imidazole rings is 1. The van der Waals surface area contributed by atoms with E-state index in [1.165, 1.54) is 12.8 Å². The number of benzene rings is 3. The van der Waals surface area contributed by atoms with Gasteiger partial charge in [0.05, 0.1) is 11.2 Å². The van der Waals surface area contributed by atoms with E-state index >= 15 is 0 Å². The molecular formula is C34H39ClN4O3. The molecule has 2 fully saturated rings. The van der Waals surface area contributed by atoms with Crippen molar-refractivity contribution in [2.75, 3.05) is 45.9 Å². The van der Waals surface area contributed by atoms with Gasteiger partial charge in [0.2, 0.25) is 0 Å². The fraction of sp³-hybridized carbons (Fsp3) is 0.441. The van der Waals surface area contributed by atoms with Crippen molar-refractivity contribution in [3.8, 4) is 34.4 Å². The van der Waals surface area contributed by atoms with E-state index in [4.69, 9.17) is 30.8 Å². The van der Waals surface area contributed by atoms with Gasteiger partial charge in [0, 0.05) is 42.4 Å². The first kappa shape index (κ1) is 27.6. The van der Waals surface area contributed by atoms with Crippen LogP contribution in [0.2, 0.25) is 5.02 Å². The van der Waals surface area contributed by atoms with Crippen LogP contribution < -0.4 is 14.2 Å². The van der Waals surface area contributed by atoms with E-state index in [0.29, 0.717) is 24.0 Å². The summed E-state index contributed by atoms with van der Waals surface area (Å²) in [5, 5.41) is 0.652. The second-order valence-corrected chi connectivity index (χ2v) is 12.1. The van der Waals surface area contributed by atoms with Crippen molar-refractivity contribution in [1.82, 2.24) is 19.4 Å². The first-order valence-corrected chi connectivity index (χ1v) is 15.8. The summed E-state index contributed by atoms with van der Waals surface area (Å²) in [6.07, 6.45) is 6.94. The number of hydrogen-bond acceptors (Lipinski definition) is 6. The first-order valence-electron chi connectivity index (χ1n) is 15.5. The van der Waals surface area contributed by atoms with Gasteiger partial charge in [0.25, 0.3) is 0 Å². The van der Waals surface area contributed by atoms with Gasteiger partial charge in [0.1, 0.15) is 41.8 Å². The van der Waals surface area contributed by atoms with Gasteiger partial charge in [-0.2, -0.15) is 0 Å². The van der Waals surface area contributed by atoms with E-state index in [1.807, 2.05) is 42.5 Å². The molecule has 0 spiro atoms. The quantitative estimate of drug-likeness (QED) is 0.202. The molecule has 8 heteroatoms. The smallest absolute Gasteiger partial charge is 0.150 e. The lowest BCUT2D eigenvalue weighted by Gasteiger charge is -2.41. The van der Waals surface area contributed by atoms with Gasteiger partial charge in [-0.25, -0.2) is 4.98 Å². The van der Waals surface area contributed by atoms with Crippen LogP contribution in [-0.2, 0) is 5.66 Å². The van der Waals surface area contributed by atoms with Gasteiger partial charge >= 0.3 is 0 Å². The van der Waals surface area contributed by atoms with Crippen LogP contribution in [0.15, 0.2) is 60.7 Å². The highest BCUT2D eigenvalue weighted by Crippen LogP contribution is 2.46. The number of nitrogens with zero attached hydrogens (tertiary/aromatic N) is 4. The van der Waals surface area contributed by atoms with E-state index in [1.54, 1.807) is 0 Å². The minimum absolute atomic E-state index is 0.159. The van der Waals surface area contributed by atoms with Gasteiger partial charge in [-0.1, -0.05) is 31.0 Å². The molecule has 3 aliphatic heterocycles. The molecule has 4 aromatic rings. The van der Waals surface area contributed by atoms with Crippen LogP contribution in [0.1, 0.15) is 45.4 Å². The zero-order chi connectivity index (χ0) is 28.5. The average Bonchev–Trinajstić information content (AvgIpc) is 3.73. The van der Waals surface area contributed by atoms with Crippen LogP contribution in [0.25, 0.3) is 22.4 Å². The Morgan fingerprint density at radius 1 is 0.952 bits per heavy atom. The lowest BCUT2D eigenvalue weighted by molar-refractivity contribution is 0.0450. The Labute approximate surface area is 252 Å². The third-order valence-corrected chi connectivity index (χ3v) is 9.23. The van der Waals surface area contributed by atoms with Crippen molar-refractivity contribution in [2.45, 2.75) is 51.1 Å². The zero-order valence-electron chi connectivity index (χ0n) is 24.4. The number of hydrogen-bond donors (Lipinski definition) is 0. The van der Waals surface area contributed by atoms with Crippen molar-refractivity contribution in [3.63, 3.8) is 0 Å². The highest BCUT2D eigenvalue weighted by Gasteiger charge is 2.44. The Hall–Kier alpha value is -3.26. The Morgan fingerprint density at radius 2 is 1.81 bits per heavy atom. The topological polar surface area (TPSA) is 52.0 Å². The van der Waals surface area contributed by atoms with Gasteiger partial charge in [-0.15, -0.1) is 0 Å². The molecule has 7 rings (SSSR count). The molecule has 42 heavy (non-hydrogen) atoms. The molecule has 3 aromatic carbocycles. The highest BCUT2D eigenvalue weighted by atomic mass is 35.5. The largest absolute Gasteiger partial charge is 0.492 e. The zero-order valence-corrected chi connectivity index (χ0v) is 25.1. The van der Waals surface area contributed by atoms with Gasteiger partial charge < -0.3 is 18.8 Å². The molecule has 220 valence electrons. The third kappa shape index (κ3) is 5.23. The normalized spacial score (nSPS) is 20.7. The minimum Gasteiger partial charge on any atom is -0.492 e. The molecule has 4 heterocycles. The number of aromatic nitrogens is 2. The van der Waals surface area contributed by atoms with Gasteiger partial charge in [-0.3, -0.25) is 9.80 Å². The maximum absolute atomic E-state index is 6.49. The Morgan fingerprint density at radius 3 is 2.62 bits per heavy atom. The summed E-state index contributed by atoms with van der Waals surface area (Å²) in [4.78, 5) is 10.5. The number of fused-ring (bicyclic) bond motifs is 3. The maximum atomic E-state index is 6.49. The summed E-state index contributed by atoms with van der Waals surface area (Å²) < 4.78 is 21.4. The van der Waals surface area contributed by atoms with Crippen molar-refractivity contribution >= 4 is 22.6 Å². The summed E-state index contributed by atoms with van der Waals surface area (Å²) >= 11 is 6.17. The molecule has 2 bridgehead atoms. The fourth-order valence-electron chi connectivity index (χ4n) is 7.12. The minimum atomic E-state index is -0.159. The first-order chi connectivity index (χ1) is 20.6. The standard InChI is InChI=1S/C34H39ClN4O3/c1-2-13-34-14-6-17-38(34)19-21-40-29-23-30-32(31(24-29)41-20-18-37-15-3-4-16-37)36-33(39(30)34)25-9-11-27(12-10-25)42-28-8-5-7-26(35)22-28/h5,7-12,22-24H,2-4,6,13-21H2,1H3. The molecule has 0 amide bonds. The van der Waals surface area contributed by atoms with Crippen LogP contribution in [-0.4, -0.2) is 65.3 Å². The SMILES string of the molecule is CCCC12CCCN1CCOc1cc(OCCN3CCCC3)c3nc(-c4ccc(Oc5cccc(Cl)c5)cc4)n2c3c1. The second-order valence-electron chi connectivity index (χ2n) is 11.7. The van der Waals surface area contributed by atoms with E-state index in [9.17, 15) is 0 Å². The van der Waals surface area contributed by atoms with Crippen LogP contribution in [0.4, 0.5) is 0 Å². The van der Waals surface area contributed by atoms with Crippen LogP contribution in [0, 0.1) is 0 Å². The molecule has 0 aliphatic carbocycles. The van der Waals surface area contributed by atoms with Crippen molar-refractivity contribution in [3.05, 3.63) is 65.7 Å². The molecule has 1 unspecified atom stereocenters. The van der Waals surface area contributed by atoms with Crippen molar-refractivity contribution in [2.24, 2.45) is 0 Å². The van der Waals surface area contributed by atoms with Gasteiger partial charge in [0.15, 0.2) is 5.75 Å². The molecule has 7 nitrogen and oxygen atoms in total. The monoisotopic (exact) mass is 586 g/mol. The molecule has 0 saturated carbocycles. The lowest BCUT2D eigenvalue weighted by Crippen LogP contribution is -2.47. The highest BCUT2D eigenvalue weighted by molar-refractivity contribution is 6.30. The van der Waals surface area contributed by atoms with Crippen LogP contribution in [0.3, 0.4) is 0 Å². The Balaban J connectivity index is 1.31. The number of halogens is 1. The number of ether oxygens (including phenoxy) is 3.